The van der Waals surface area contributed by atoms with Crippen LogP contribution in [0.1, 0.15) is 185 Å². The minimum Gasteiger partial charge on any atom is -0.507 e. The number of esters is 2. The Labute approximate surface area is 628 Å². The smallest absolute Gasteiger partial charge is 0.308 e. The summed E-state index contributed by atoms with van der Waals surface area (Å²) in [4.78, 5) is 54.7. The molecule has 0 radical (unpaired) electrons. The number of hydrogen-bond acceptors (Lipinski definition) is 13. The third kappa shape index (κ3) is 22.0. The minimum absolute atomic E-state index is 0.0952. The Morgan fingerprint density at radius 1 is 0.505 bits per heavy atom. The zero-order chi connectivity index (χ0) is 77.5. The van der Waals surface area contributed by atoms with Gasteiger partial charge in [-0.15, -0.1) is 0 Å². The highest BCUT2D eigenvalue weighted by Crippen LogP contribution is 2.48. The molecule has 0 spiro atoms. The minimum atomic E-state index is -0.943. The molecule has 0 saturated carbocycles. The summed E-state index contributed by atoms with van der Waals surface area (Å²) in [7, 11) is 1.00. The van der Waals surface area contributed by atoms with Crippen LogP contribution in [0.2, 0.25) is 0 Å². The predicted octanol–water partition coefficient (Wildman–Crippen LogP) is 19.6. The van der Waals surface area contributed by atoms with E-state index in [-0.39, 0.29) is 73.0 Å². The number of para-hydroxylation sites is 2. The molecule has 2 aliphatic heterocycles. The average molecular weight is 1460 g/mol. The van der Waals surface area contributed by atoms with Crippen molar-refractivity contribution >= 4 is 35.1 Å². The van der Waals surface area contributed by atoms with Crippen molar-refractivity contribution in [2.45, 2.75) is 214 Å². The van der Waals surface area contributed by atoms with Crippen LogP contribution in [-0.2, 0) is 57.7 Å². The standard InChI is InChI=1S/C47H53FN2O6.C40H47FN2O6.CH4O/c1-31(2)43-42(45(52)49-35-21-15-10-16-22-35)41(33-19-13-9-14-20-33)44(38-24-23-34(48)27-39(38)53-30-32-17-11-8-12-18-32)50(43)26-25-36-28-37(55-47(6,7)54-36)29-40(51)56-46(3,4)5;1-25(2)36-35(38(46)42-28-16-12-9-13-17-28)34(26-14-10-8-11-15-26)37(31-19-18-27(41)22-32(31)44)43(36)21-20-29-23-30(48-40(6,7)47-29)24-33(45)49-39(3,4)5;1-2/h8-24,27,31,36-37H,25-26,28-30H2,1-7H3,(H,49,52);8-19,22,25,29-30,44H,20-21,23-24H2,1-7H3,(H,42,46);2H,1H3/t36-,37-;29-,30-;/m11./s1. The van der Waals surface area contributed by atoms with Crippen LogP contribution < -0.4 is 15.4 Å². The van der Waals surface area contributed by atoms with E-state index < -0.39 is 46.6 Å². The summed E-state index contributed by atoms with van der Waals surface area (Å²) in [6.45, 7) is 27.7. The Morgan fingerprint density at radius 3 is 1.24 bits per heavy atom. The van der Waals surface area contributed by atoms with Crippen molar-refractivity contribution in [3.8, 4) is 56.3 Å². The highest BCUT2D eigenvalue weighted by atomic mass is 19.1. The van der Waals surface area contributed by atoms with Crippen molar-refractivity contribution in [2.24, 2.45) is 0 Å². The van der Waals surface area contributed by atoms with Gasteiger partial charge in [-0.05, 0) is 159 Å². The van der Waals surface area contributed by atoms with Gasteiger partial charge in [0.1, 0.15) is 40.9 Å². The number of nitrogens with one attached hydrogen (secondary N) is 2. The number of anilines is 2. The quantitative estimate of drug-likeness (QED) is 0.0440. The molecule has 9 aromatic rings. The molecule has 2 fully saturated rings. The lowest BCUT2D eigenvalue weighted by Crippen LogP contribution is -2.46. The Balaban J connectivity index is 0.000000244. The number of aliphatic hydroxyl groups excluding tert-OH is 1. The molecule has 2 aliphatic rings. The van der Waals surface area contributed by atoms with Gasteiger partial charge in [0.15, 0.2) is 11.6 Å². The van der Waals surface area contributed by atoms with Crippen molar-refractivity contribution in [1.82, 2.24) is 9.13 Å². The summed E-state index contributed by atoms with van der Waals surface area (Å²) in [6, 6.07) is 56.3. The van der Waals surface area contributed by atoms with Crippen LogP contribution >= 0.6 is 0 Å². The van der Waals surface area contributed by atoms with E-state index in [9.17, 15) is 28.7 Å². The fraction of sp³-hybridized carbons (Fsp3) is 0.386. The number of rotatable bonds is 23. The largest absolute Gasteiger partial charge is 0.507 e. The van der Waals surface area contributed by atoms with Gasteiger partial charge >= 0.3 is 11.9 Å². The molecule has 2 saturated heterocycles. The molecule has 7 aromatic carbocycles. The number of phenols is 1. The van der Waals surface area contributed by atoms with Crippen LogP contribution in [-0.4, -0.2) is 97.4 Å². The molecule has 2 aromatic heterocycles. The van der Waals surface area contributed by atoms with Gasteiger partial charge in [0.2, 0.25) is 0 Å². The van der Waals surface area contributed by atoms with Gasteiger partial charge < -0.3 is 63.1 Å². The number of carbonyl (C=O) groups is 4. The third-order valence-corrected chi connectivity index (χ3v) is 17.8. The third-order valence-electron chi connectivity index (χ3n) is 17.8. The maximum absolute atomic E-state index is 15.2. The van der Waals surface area contributed by atoms with Crippen LogP contribution in [0.4, 0.5) is 20.2 Å². The van der Waals surface area contributed by atoms with Crippen LogP contribution in [0.25, 0.3) is 44.8 Å². The first kappa shape index (κ1) is 81.3. The average Bonchev–Trinajstić information content (AvgIpc) is 1.59. The van der Waals surface area contributed by atoms with Gasteiger partial charge in [-0.3, -0.25) is 19.2 Å². The summed E-state index contributed by atoms with van der Waals surface area (Å²) < 4.78 is 76.6. The van der Waals surface area contributed by atoms with Gasteiger partial charge in [-0.2, -0.15) is 0 Å². The fourth-order valence-electron chi connectivity index (χ4n) is 14.1. The topological polar surface area (TPSA) is 207 Å². The summed E-state index contributed by atoms with van der Waals surface area (Å²) in [5.41, 5.74) is 8.97. The van der Waals surface area contributed by atoms with Crippen molar-refractivity contribution in [3.05, 3.63) is 228 Å². The van der Waals surface area contributed by atoms with E-state index in [0.717, 1.165) is 52.5 Å². The highest BCUT2D eigenvalue weighted by molar-refractivity contribution is 6.14. The van der Waals surface area contributed by atoms with Crippen molar-refractivity contribution < 1.29 is 71.3 Å². The first-order valence-corrected chi connectivity index (χ1v) is 36.7. The number of amides is 2. The number of ether oxygens (including phenoxy) is 7. The van der Waals surface area contributed by atoms with Crippen molar-refractivity contribution in [3.63, 3.8) is 0 Å². The lowest BCUT2D eigenvalue weighted by atomic mass is 9.94. The van der Waals surface area contributed by atoms with Crippen LogP contribution in [0.15, 0.2) is 188 Å². The number of nitrogens with zero attached hydrogens (tertiary/aromatic N) is 2. The molecular formula is C88H104F2N4O13. The highest BCUT2D eigenvalue weighted by Gasteiger charge is 2.41. The zero-order valence-corrected chi connectivity index (χ0v) is 64.3. The molecule has 107 heavy (non-hydrogen) atoms. The van der Waals surface area contributed by atoms with E-state index >= 15 is 4.39 Å². The SMILES string of the molecule is CC(C)c1c(C(=O)Nc2ccccc2)c(-c2ccccc2)c(-c2ccc(F)cc2O)n1CC[C@@H]1C[C@H](CC(=O)OC(C)(C)C)OC(C)(C)O1.CC(C)c1c(C(=O)Nc2ccccc2)c(-c2ccccc2)c(-c2ccc(F)cc2OCc2ccccc2)n1CC[C@@H]1C[C@H](CC(=O)OC(C)(C)C)OC(C)(C)O1.CO. The van der Waals surface area contributed by atoms with Gasteiger partial charge in [0.25, 0.3) is 11.8 Å². The van der Waals surface area contributed by atoms with Crippen LogP contribution in [0.5, 0.6) is 11.5 Å². The predicted molar refractivity (Wildman–Crippen MR) is 415 cm³/mol. The number of carbonyl (C=O) groups excluding carboxylic acids is 4. The van der Waals surface area contributed by atoms with E-state index in [1.807, 2.05) is 235 Å². The van der Waals surface area contributed by atoms with E-state index in [0.29, 0.717) is 89.4 Å². The first-order chi connectivity index (χ1) is 50.8. The van der Waals surface area contributed by atoms with E-state index in [1.54, 1.807) is 12.1 Å². The van der Waals surface area contributed by atoms with E-state index in [2.05, 4.69) is 33.6 Å². The van der Waals surface area contributed by atoms with Gasteiger partial charge in [-0.25, -0.2) is 8.78 Å². The summed E-state index contributed by atoms with van der Waals surface area (Å²) in [5, 5.41) is 24.4. The zero-order valence-electron chi connectivity index (χ0n) is 64.3. The first-order valence-electron chi connectivity index (χ1n) is 36.7. The van der Waals surface area contributed by atoms with Crippen LogP contribution in [0, 0.1) is 11.6 Å². The number of hydrogen-bond donors (Lipinski definition) is 4. The van der Waals surface area contributed by atoms with Gasteiger partial charge in [-0.1, -0.05) is 155 Å². The summed E-state index contributed by atoms with van der Waals surface area (Å²) in [6.07, 6.45) is 0.782. The number of halogens is 2. The molecule has 0 aliphatic carbocycles. The summed E-state index contributed by atoms with van der Waals surface area (Å²) >= 11 is 0. The molecule has 4 N–H and O–H groups in total. The Hall–Kier alpha value is -9.76. The number of benzene rings is 7. The lowest BCUT2D eigenvalue weighted by molar-refractivity contribution is -0.301. The second-order valence-electron chi connectivity index (χ2n) is 30.4. The monoisotopic (exact) mass is 1460 g/mol. The second kappa shape index (κ2) is 35.8. The molecule has 4 heterocycles. The molecular weight excluding hydrogens is 1360 g/mol. The Morgan fingerprint density at radius 2 is 0.860 bits per heavy atom. The molecule has 19 heteroatoms. The molecule has 4 atom stereocenters. The van der Waals surface area contributed by atoms with E-state index in [1.165, 1.54) is 18.2 Å². The fourth-order valence-corrected chi connectivity index (χ4v) is 14.1. The maximum atomic E-state index is 15.2. The van der Waals surface area contributed by atoms with Gasteiger partial charge in [0, 0.05) is 90.2 Å². The number of aromatic hydroxyl groups is 1. The van der Waals surface area contributed by atoms with Crippen LogP contribution in [0.3, 0.4) is 0 Å². The molecule has 568 valence electrons. The maximum Gasteiger partial charge on any atom is 0.308 e. The molecule has 17 nitrogen and oxygen atoms in total. The van der Waals surface area contributed by atoms with E-state index in [4.69, 9.17) is 38.3 Å². The second-order valence-corrected chi connectivity index (χ2v) is 30.4. The number of aliphatic hydroxyl groups is 1. The molecule has 0 bridgehead atoms. The Bertz CT molecular complexity index is 4450. The molecule has 0 unspecified atom stereocenters. The van der Waals surface area contributed by atoms with Gasteiger partial charge in [0.05, 0.1) is 59.8 Å². The Kier molecular flexibility index (Phi) is 27.2. The number of aromatic nitrogens is 2. The molecule has 2 amide bonds. The summed E-state index contributed by atoms with van der Waals surface area (Å²) in [5.74, 6) is -4.21. The normalized spacial score (nSPS) is 16.9. The van der Waals surface area contributed by atoms with Crippen molar-refractivity contribution in [2.75, 3.05) is 17.7 Å². The number of phenolic OH excluding ortho intramolecular Hbond substituents is 1. The molecule has 11 rings (SSSR count). The lowest BCUT2D eigenvalue weighted by Gasteiger charge is -2.41. The van der Waals surface area contributed by atoms with Crippen molar-refractivity contribution in [1.29, 1.82) is 0 Å².